The molecule has 0 aliphatic carbocycles. The molecule has 0 amide bonds. The molecule has 7 nitrogen and oxygen atoms in total. The Labute approximate surface area is 130 Å². The van der Waals surface area contributed by atoms with E-state index in [0.717, 1.165) is 12.4 Å². The molecule has 0 atom stereocenters. The number of carbonyl (C=O) groups is 1. The van der Waals surface area contributed by atoms with Crippen LogP contribution in [-0.2, 0) is 0 Å². The molecule has 0 saturated carbocycles. The molecular formula is C15H10FN3O4. The Kier molecular flexibility index (Phi) is 5.20. The number of hydrogen-bond donors (Lipinski definition) is 0. The zero-order valence-corrected chi connectivity index (χ0v) is 11.9. The van der Waals surface area contributed by atoms with E-state index in [-0.39, 0.29) is 11.6 Å². The number of aliphatic imine (C=N–C) groups is 1. The van der Waals surface area contributed by atoms with Gasteiger partial charge in [0.2, 0.25) is 0 Å². The standard InChI is InChI=1S/C15H10FN3O4/c1-3-8-17-13-12(16)9-18-14(19-13)23-15(20)22-11-6-4-10(21-2)5-7-11/h1,4-9H,2H3/b17-8+. The Morgan fingerprint density at radius 2 is 2.00 bits per heavy atom. The highest BCUT2D eigenvalue weighted by molar-refractivity contribution is 5.79. The highest BCUT2D eigenvalue weighted by Crippen LogP contribution is 2.19. The molecule has 0 aliphatic heterocycles. The largest absolute Gasteiger partial charge is 0.521 e. The summed E-state index contributed by atoms with van der Waals surface area (Å²) in [6.45, 7) is 0. The van der Waals surface area contributed by atoms with Crippen molar-refractivity contribution in [2.75, 3.05) is 7.11 Å². The van der Waals surface area contributed by atoms with E-state index in [4.69, 9.17) is 20.6 Å². The average molecular weight is 315 g/mol. The van der Waals surface area contributed by atoms with E-state index in [2.05, 4.69) is 20.9 Å². The van der Waals surface area contributed by atoms with Gasteiger partial charge in [0.25, 0.3) is 0 Å². The molecule has 23 heavy (non-hydrogen) atoms. The van der Waals surface area contributed by atoms with Crippen molar-refractivity contribution in [1.29, 1.82) is 0 Å². The minimum atomic E-state index is -1.09. The molecule has 0 radical (unpaired) electrons. The molecule has 2 aromatic rings. The lowest BCUT2D eigenvalue weighted by Crippen LogP contribution is -2.15. The zero-order chi connectivity index (χ0) is 16.7. The number of halogens is 1. The number of terminal acetylenes is 1. The lowest BCUT2D eigenvalue weighted by Gasteiger charge is -2.05. The van der Waals surface area contributed by atoms with Gasteiger partial charge in [-0.15, -0.1) is 6.42 Å². The second kappa shape index (κ2) is 7.51. The van der Waals surface area contributed by atoms with Crippen LogP contribution in [0.3, 0.4) is 0 Å². The Morgan fingerprint density at radius 1 is 1.30 bits per heavy atom. The first-order chi connectivity index (χ1) is 11.1. The predicted octanol–water partition coefficient (Wildman–Crippen LogP) is 2.54. The number of methoxy groups -OCH3 is 1. The maximum absolute atomic E-state index is 13.4. The normalized spacial score (nSPS) is 10.1. The Morgan fingerprint density at radius 3 is 2.65 bits per heavy atom. The van der Waals surface area contributed by atoms with E-state index in [1.54, 1.807) is 12.1 Å². The van der Waals surface area contributed by atoms with Crippen LogP contribution in [0.1, 0.15) is 0 Å². The molecule has 0 N–H and O–H groups in total. The topological polar surface area (TPSA) is 82.9 Å². The van der Waals surface area contributed by atoms with Gasteiger partial charge in [-0.2, -0.15) is 4.98 Å². The summed E-state index contributed by atoms with van der Waals surface area (Å²) in [6, 6.07) is 5.80. The van der Waals surface area contributed by atoms with E-state index in [1.165, 1.54) is 19.2 Å². The zero-order valence-electron chi connectivity index (χ0n) is 11.9. The van der Waals surface area contributed by atoms with Crippen LogP contribution in [0.4, 0.5) is 15.0 Å². The third-order valence-corrected chi connectivity index (χ3v) is 2.40. The Hall–Kier alpha value is -3.47. The number of aromatic nitrogens is 2. The number of ether oxygens (including phenoxy) is 3. The van der Waals surface area contributed by atoms with E-state index in [1.807, 2.05) is 0 Å². The summed E-state index contributed by atoms with van der Waals surface area (Å²) in [5.41, 5.74) is 0. The molecule has 1 aromatic heterocycles. The fraction of sp³-hybridized carbons (Fsp3) is 0.0667. The fourth-order valence-electron chi connectivity index (χ4n) is 1.42. The summed E-state index contributed by atoms with van der Waals surface area (Å²) in [7, 11) is 1.51. The molecule has 0 spiro atoms. The van der Waals surface area contributed by atoms with Gasteiger partial charge in [-0.05, 0) is 24.3 Å². The van der Waals surface area contributed by atoms with Gasteiger partial charge in [0.05, 0.1) is 19.5 Å². The summed E-state index contributed by atoms with van der Waals surface area (Å²) in [4.78, 5) is 22.3. The second-order valence-corrected chi connectivity index (χ2v) is 3.88. The van der Waals surface area contributed by atoms with Gasteiger partial charge in [-0.25, -0.2) is 19.2 Å². The molecule has 1 heterocycles. The third kappa shape index (κ3) is 4.50. The van der Waals surface area contributed by atoms with Crippen molar-refractivity contribution in [3.05, 3.63) is 36.3 Å². The number of carbonyl (C=O) groups excluding carboxylic acids is 1. The van der Waals surface area contributed by atoms with Gasteiger partial charge in [0.15, 0.2) is 11.6 Å². The fourth-order valence-corrected chi connectivity index (χ4v) is 1.42. The summed E-state index contributed by atoms with van der Waals surface area (Å²) in [6.07, 6.45) is 5.69. The highest BCUT2D eigenvalue weighted by atomic mass is 19.1. The summed E-state index contributed by atoms with van der Waals surface area (Å²) in [5.74, 6) is 1.74. The van der Waals surface area contributed by atoms with Crippen LogP contribution in [-0.4, -0.2) is 29.4 Å². The molecular weight excluding hydrogens is 305 g/mol. The van der Waals surface area contributed by atoms with Crippen LogP contribution in [0.25, 0.3) is 0 Å². The molecule has 0 aliphatic rings. The van der Waals surface area contributed by atoms with E-state index in [0.29, 0.717) is 5.75 Å². The third-order valence-electron chi connectivity index (χ3n) is 2.40. The summed E-state index contributed by atoms with van der Waals surface area (Å²) in [5, 5.41) is 0. The molecule has 0 unspecified atom stereocenters. The van der Waals surface area contributed by atoms with Crippen LogP contribution in [0.15, 0.2) is 35.5 Å². The van der Waals surface area contributed by atoms with E-state index >= 15 is 0 Å². The van der Waals surface area contributed by atoms with Crippen molar-refractivity contribution in [2.45, 2.75) is 0 Å². The minimum Gasteiger partial charge on any atom is -0.497 e. The van der Waals surface area contributed by atoms with Crippen molar-refractivity contribution in [3.63, 3.8) is 0 Å². The quantitative estimate of drug-likeness (QED) is 0.373. The van der Waals surface area contributed by atoms with Gasteiger partial charge in [0.1, 0.15) is 11.5 Å². The first-order valence-corrected chi connectivity index (χ1v) is 6.17. The lowest BCUT2D eigenvalue weighted by atomic mass is 10.3. The van der Waals surface area contributed by atoms with Gasteiger partial charge >= 0.3 is 12.2 Å². The van der Waals surface area contributed by atoms with Crippen LogP contribution < -0.4 is 14.2 Å². The van der Waals surface area contributed by atoms with Crippen molar-refractivity contribution in [2.24, 2.45) is 4.99 Å². The highest BCUT2D eigenvalue weighted by Gasteiger charge is 2.13. The van der Waals surface area contributed by atoms with Crippen molar-refractivity contribution < 1.29 is 23.4 Å². The van der Waals surface area contributed by atoms with Crippen molar-refractivity contribution in [3.8, 4) is 29.9 Å². The Bertz CT molecular complexity index is 769. The SMILES string of the molecule is C#C/C=N/c1nc(OC(=O)Oc2ccc(OC)cc2)ncc1F. The summed E-state index contributed by atoms with van der Waals surface area (Å²) >= 11 is 0. The molecule has 8 heteroatoms. The summed E-state index contributed by atoms with van der Waals surface area (Å²) < 4.78 is 28.0. The van der Waals surface area contributed by atoms with Gasteiger partial charge in [-0.1, -0.05) is 5.92 Å². The Balaban J connectivity index is 2.04. The first-order valence-electron chi connectivity index (χ1n) is 6.17. The molecule has 0 bridgehead atoms. The van der Waals surface area contributed by atoms with Crippen molar-refractivity contribution >= 4 is 18.2 Å². The molecule has 0 fully saturated rings. The lowest BCUT2D eigenvalue weighted by molar-refractivity contribution is 0.147. The van der Waals surface area contributed by atoms with E-state index in [9.17, 15) is 9.18 Å². The number of nitrogens with zero attached hydrogens (tertiary/aromatic N) is 3. The minimum absolute atomic E-state index is 0.225. The van der Waals surface area contributed by atoms with Gasteiger partial charge < -0.3 is 14.2 Å². The predicted molar refractivity (Wildman–Crippen MR) is 78.6 cm³/mol. The smallest absolute Gasteiger partial charge is 0.497 e. The molecule has 1 aromatic carbocycles. The van der Waals surface area contributed by atoms with Crippen LogP contribution >= 0.6 is 0 Å². The average Bonchev–Trinajstić information content (AvgIpc) is 2.56. The number of hydrogen-bond acceptors (Lipinski definition) is 7. The number of benzene rings is 1. The van der Waals surface area contributed by atoms with Gasteiger partial charge in [-0.3, -0.25) is 0 Å². The molecule has 0 saturated heterocycles. The van der Waals surface area contributed by atoms with E-state index < -0.39 is 18.0 Å². The van der Waals surface area contributed by atoms with Crippen LogP contribution in [0, 0.1) is 18.2 Å². The van der Waals surface area contributed by atoms with Crippen LogP contribution in [0.2, 0.25) is 0 Å². The molecule has 116 valence electrons. The monoisotopic (exact) mass is 315 g/mol. The maximum atomic E-state index is 13.4. The van der Waals surface area contributed by atoms with Crippen molar-refractivity contribution in [1.82, 2.24) is 9.97 Å². The second-order valence-electron chi connectivity index (χ2n) is 3.88. The van der Waals surface area contributed by atoms with Gasteiger partial charge in [0, 0.05) is 0 Å². The van der Waals surface area contributed by atoms with Crippen LogP contribution in [0.5, 0.6) is 17.5 Å². The molecule has 2 rings (SSSR count). The first kappa shape index (κ1) is 15.9. The number of rotatable bonds is 4. The maximum Gasteiger partial charge on any atom is 0.521 e.